The number of aliphatic hydroxyl groups excluding tert-OH is 3. The maximum Gasteiger partial charge on any atom is 0.336 e. The molecule has 2 saturated carbocycles. The largest absolute Gasteiger partial charge is 0.504 e. The molecule has 4 atom stereocenters. The average Bonchev–Trinajstić information content (AvgIpc) is 3.03. The Labute approximate surface area is 264 Å². The van der Waals surface area contributed by atoms with Crippen LogP contribution in [0.15, 0.2) is 42.5 Å². The maximum atomic E-state index is 13.7. The average molecular weight is 643 g/mol. The second-order valence-electron chi connectivity index (χ2n) is 11.7. The zero-order valence-electron chi connectivity index (χ0n) is 24.9. The van der Waals surface area contributed by atoms with Crippen molar-refractivity contribution in [3.8, 4) is 23.0 Å². The normalized spacial score (nSPS) is 24.7. The van der Waals surface area contributed by atoms with Gasteiger partial charge >= 0.3 is 5.97 Å². The first-order chi connectivity index (χ1) is 21.8. The molecule has 0 spiro atoms. The van der Waals surface area contributed by atoms with E-state index < -0.39 is 90.4 Å². The molecule has 2 aromatic rings. The van der Waals surface area contributed by atoms with Crippen LogP contribution in [0.2, 0.25) is 0 Å². The first-order valence-electron chi connectivity index (χ1n) is 14.8. The minimum Gasteiger partial charge on any atom is -0.504 e. The summed E-state index contributed by atoms with van der Waals surface area (Å²) in [6.45, 7) is -1.19. The molecule has 248 valence electrons. The fourth-order valence-electron chi connectivity index (χ4n) is 5.87. The maximum absolute atomic E-state index is 13.7. The molecule has 2 fully saturated rings. The lowest BCUT2D eigenvalue weighted by atomic mass is 9.77. The van der Waals surface area contributed by atoms with Crippen molar-refractivity contribution < 1.29 is 64.7 Å². The number of carbonyl (C=O) groups is 3. The van der Waals surface area contributed by atoms with Crippen LogP contribution in [0.3, 0.4) is 0 Å². The molecule has 0 bridgehead atoms. The van der Waals surface area contributed by atoms with Crippen LogP contribution >= 0.6 is 0 Å². The van der Waals surface area contributed by atoms with Crippen LogP contribution in [0.5, 0.6) is 23.0 Å². The second-order valence-corrected chi connectivity index (χ2v) is 11.7. The van der Waals surface area contributed by atoms with Crippen LogP contribution in [0.1, 0.15) is 61.6 Å². The van der Waals surface area contributed by atoms with Crippen molar-refractivity contribution in [2.75, 3.05) is 6.61 Å². The van der Waals surface area contributed by atoms with Gasteiger partial charge in [0, 0.05) is 12.8 Å². The number of aliphatic carboxylic acids is 1. The number of aliphatic hydroxyl groups is 3. The smallest absolute Gasteiger partial charge is 0.336 e. The highest BCUT2D eigenvalue weighted by Gasteiger charge is 2.54. The van der Waals surface area contributed by atoms with Crippen LogP contribution in [-0.4, -0.2) is 94.5 Å². The molecule has 13 heteroatoms. The number of ether oxygens (including phenoxy) is 2. The monoisotopic (exact) mass is 642 g/mol. The van der Waals surface area contributed by atoms with E-state index in [1.165, 1.54) is 42.5 Å². The van der Waals surface area contributed by atoms with E-state index >= 15 is 0 Å². The SMILES string of the molecule is O=C(/C=C/c1ccc(O)c(O)c1)CO[C@@]1(C(=O)O)C[C@@H](O)[C@@H](O)[C@H](OC2(C(=O)/C=C/c3cc(O)c(O)cc3CO)CCCCC2)C1. The van der Waals surface area contributed by atoms with Crippen molar-refractivity contribution in [1.82, 2.24) is 0 Å². The van der Waals surface area contributed by atoms with Crippen LogP contribution < -0.4 is 0 Å². The highest BCUT2D eigenvalue weighted by atomic mass is 16.6. The van der Waals surface area contributed by atoms with Gasteiger partial charge in [-0.3, -0.25) is 9.59 Å². The lowest BCUT2D eigenvalue weighted by Crippen LogP contribution is -2.60. The summed E-state index contributed by atoms with van der Waals surface area (Å²) in [5.74, 6) is -4.28. The lowest BCUT2D eigenvalue weighted by molar-refractivity contribution is -0.227. The zero-order chi connectivity index (χ0) is 33.6. The van der Waals surface area contributed by atoms with Crippen molar-refractivity contribution >= 4 is 29.7 Å². The molecule has 0 aliphatic heterocycles. The summed E-state index contributed by atoms with van der Waals surface area (Å²) in [6, 6.07) is 6.24. The summed E-state index contributed by atoms with van der Waals surface area (Å²) in [5.41, 5.74) is -2.73. The highest BCUT2D eigenvalue weighted by molar-refractivity contribution is 6.00. The number of hydrogen-bond acceptors (Lipinski definition) is 12. The van der Waals surface area contributed by atoms with Gasteiger partial charge in [0.15, 0.2) is 40.2 Å². The van der Waals surface area contributed by atoms with Crippen molar-refractivity contribution in [2.45, 2.75) is 81.1 Å². The molecule has 46 heavy (non-hydrogen) atoms. The molecule has 0 aromatic heterocycles. The molecular weight excluding hydrogens is 604 g/mol. The van der Waals surface area contributed by atoms with E-state index in [1.807, 2.05) is 0 Å². The van der Waals surface area contributed by atoms with Crippen molar-refractivity contribution in [1.29, 1.82) is 0 Å². The number of carbonyl (C=O) groups excluding carboxylic acids is 2. The van der Waals surface area contributed by atoms with Gasteiger partial charge in [0.05, 0.1) is 18.8 Å². The topological polar surface area (TPSA) is 232 Å². The number of carboxylic acids is 1. The minimum absolute atomic E-state index is 0.236. The number of ketones is 2. The molecule has 2 aromatic carbocycles. The molecular formula is C33H38O13. The van der Waals surface area contributed by atoms with Gasteiger partial charge in [-0.15, -0.1) is 0 Å². The summed E-state index contributed by atoms with van der Waals surface area (Å²) >= 11 is 0. The van der Waals surface area contributed by atoms with E-state index in [0.717, 1.165) is 18.6 Å². The third kappa shape index (κ3) is 7.74. The zero-order valence-corrected chi connectivity index (χ0v) is 24.9. The minimum atomic E-state index is -2.14. The predicted octanol–water partition coefficient (Wildman–Crippen LogP) is 2.31. The first kappa shape index (κ1) is 34.6. The first-order valence-corrected chi connectivity index (χ1v) is 14.8. The Kier molecular flexibility index (Phi) is 10.9. The number of aromatic hydroxyl groups is 4. The van der Waals surface area contributed by atoms with Gasteiger partial charge in [-0.1, -0.05) is 37.5 Å². The van der Waals surface area contributed by atoms with Crippen molar-refractivity contribution in [3.05, 3.63) is 59.2 Å². The Balaban J connectivity index is 1.53. The summed E-state index contributed by atoms with van der Waals surface area (Å²) in [5, 5.41) is 80.2. The standard InChI is InChI=1S/C33H38O13/c34-17-21-14-26(39)25(38)13-20(21)6-9-29(41)32(10-2-1-3-11-32)46-28-16-33(31(43)44,15-27(40)30(28)42)45-18-22(35)7-4-19-5-8-23(36)24(37)12-19/h4-9,12-14,27-28,30,34,36-40,42H,1-3,10-11,15-18H2,(H,43,44)/b7-4+,9-6+/t27-,28-,30-,33+/m1/s1. The number of benzene rings is 2. The Morgan fingerprint density at radius 2 is 1.50 bits per heavy atom. The predicted molar refractivity (Wildman–Crippen MR) is 162 cm³/mol. The molecule has 0 heterocycles. The lowest BCUT2D eigenvalue weighted by Gasteiger charge is -2.46. The molecule has 8 N–H and O–H groups in total. The molecule has 0 amide bonds. The summed E-state index contributed by atoms with van der Waals surface area (Å²) < 4.78 is 11.9. The molecule has 0 radical (unpaired) electrons. The van der Waals surface area contributed by atoms with Crippen molar-refractivity contribution in [2.24, 2.45) is 0 Å². The van der Waals surface area contributed by atoms with E-state index in [4.69, 9.17) is 9.47 Å². The van der Waals surface area contributed by atoms with Gasteiger partial charge in [-0.05, 0) is 65.9 Å². The van der Waals surface area contributed by atoms with Crippen LogP contribution in [-0.2, 0) is 30.5 Å². The van der Waals surface area contributed by atoms with Crippen LogP contribution in [0.25, 0.3) is 12.2 Å². The summed E-state index contributed by atoms with van der Waals surface area (Å²) in [6.07, 6.45) is 1.83. The fourth-order valence-corrected chi connectivity index (χ4v) is 5.87. The molecule has 4 rings (SSSR count). The molecule has 0 saturated heterocycles. The third-order valence-corrected chi connectivity index (χ3v) is 8.49. The van der Waals surface area contributed by atoms with Gasteiger partial charge in [0.25, 0.3) is 0 Å². The van der Waals surface area contributed by atoms with Gasteiger partial charge in [0.1, 0.15) is 18.3 Å². The van der Waals surface area contributed by atoms with E-state index in [2.05, 4.69) is 0 Å². The Morgan fingerprint density at radius 3 is 2.15 bits per heavy atom. The summed E-state index contributed by atoms with van der Waals surface area (Å²) in [4.78, 5) is 38.8. The van der Waals surface area contributed by atoms with Crippen LogP contribution in [0.4, 0.5) is 0 Å². The van der Waals surface area contributed by atoms with E-state index in [1.54, 1.807) is 0 Å². The molecule has 0 unspecified atom stereocenters. The van der Waals surface area contributed by atoms with Gasteiger partial charge < -0.3 is 50.3 Å². The molecule has 2 aliphatic rings. The van der Waals surface area contributed by atoms with E-state index in [9.17, 15) is 55.2 Å². The fraction of sp³-hybridized carbons (Fsp3) is 0.424. The van der Waals surface area contributed by atoms with Gasteiger partial charge in [0.2, 0.25) is 0 Å². The van der Waals surface area contributed by atoms with E-state index in [-0.39, 0.29) is 29.7 Å². The summed E-state index contributed by atoms with van der Waals surface area (Å²) in [7, 11) is 0. The molecule has 2 aliphatic carbocycles. The second kappa shape index (κ2) is 14.4. The molecule has 13 nitrogen and oxygen atoms in total. The number of hydrogen-bond donors (Lipinski definition) is 8. The third-order valence-electron chi connectivity index (χ3n) is 8.49. The number of carboxylic acid groups (broad SMARTS) is 1. The Bertz CT molecular complexity index is 1510. The quantitative estimate of drug-likeness (QED) is 0.123. The van der Waals surface area contributed by atoms with Crippen molar-refractivity contribution in [3.63, 3.8) is 0 Å². The highest BCUT2D eigenvalue weighted by Crippen LogP contribution is 2.41. The number of phenolic OH excluding ortho intramolecular Hbond substituents is 4. The van der Waals surface area contributed by atoms with Crippen LogP contribution in [0, 0.1) is 0 Å². The Morgan fingerprint density at radius 1 is 0.826 bits per heavy atom. The number of rotatable bonds is 12. The van der Waals surface area contributed by atoms with Gasteiger partial charge in [-0.25, -0.2) is 4.79 Å². The Hall–Kier alpha value is -4.27. The van der Waals surface area contributed by atoms with Gasteiger partial charge in [-0.2, -0.15) is 0 Å². The number of phenols is 4. The van der Waals surface area contributed by atoms with E-state index in [0.29, 0.717) is 18.4 Å².